The van der Waals surface area contributed by atoms with Crippen molar-refractivity contribution in [2.24, 2.45) is 10.9 Å². The lowest BCUT2D eigenvalue weighted by Gasteiger charge is -2.33. The van der Waals surface area contributed by atoms with Gasteiger partial charge in [0.15, 0.2) is 11.1 Å². The number of aromatic nitrogens is 2. The van der Waals surface area contributed by atoms with Crippen molar-refractivity contribution in [2.75, 3.05) is 43.0 Å². The van der Waals surface area contributed by atoms with E-state index in [1.54, 1.807) is 11.3 Å². The van der Waals surface area contributed by atoms with Crippen molar-refractivity contribution < 1.29 is 5.11 Å². The fourth-order valence-electron chi connectivity index (χ4n) is 3.74. The van der Waals surface area contributed by atoms with Crippen LogP contribution in [0.25, 0.3) is 11.4 Å². The van der Waals surface area contributed by atoms with E-state index in [9.17, 15) is 0 Å². The zero-order valence-corrected chi connectivity index (χ0v) is 16.9. The van der Waals surface area contributed by atoms with Crippen LogP contribution in [0.1, 0.15) is 32.1 Å². The van der Waals surface area contributed by atoms with Crippen LogP contribution in [0.4, 0.5) is 10.9 Å². The van der Waals surface area contributed by atoms with Crippen LogP contribution in [-0.4, -0.2) is 53.8 Å². The third kappa shape index (κ3) is 4.80. The summed E-state index contributed by atoms with van der Waals surface area (Å²) in [7, 11) is 0. The van der Waals surface area contributed by atoms with E-state index < -0.39 is 0 Å². The summed E-state index contributed by atoms with van der Waals surface area (Å²) in [6.07, 6.45) is 5.47. The fraction of sp³-hybridized carbons (Fsp3) is 0.550. The van der Waals surface area contributed by atoms with Crippen molar-refractivity contribution in [3.05, 3.63) is 23.6 Å². The lowest BCUT2D eigenvalue weighted by atomic mass is 9.92. The predicted octanol–water partition coefficient (Wildman–Crippen LogP) is 2.96. The maximum atomic E-state index is 9.02. The van der Waals surface area contributed by atoms with E-state index >= 15 is 0 Å². The maximum absolute atomic E-state index is 9.02. The highest BCUT2D eigenvalue weighted by Gasteiger charge is 2.20. The molecule has 0 aromatic carbocycles. The molecule has 0 aliphatic carbocycles. The number of anilines is 2. The van der Waals surface area contributed by atoms with Gasteiger partial charge in [0.25, 0.3) is 0 Å². The van der Waals surface area contributed by atoms with E-state index in [0.29, 0.717) is 6.61 Å². The Balaban J connectivity index is 1.39. The molecule has 150 valence electrons. The molecule has 2 aromatic rings. The third-order valence-corrected chi connectivity index (χ3v) is 6.09. The van der Waals surface area contributed by atoms with Crippen molar-refractivity contribution in [1.82, 2.24) is 15.3 Å². The first kappa shape index (κ1) is 19.1. The Morgan fingerprint density at radius 1 is 1.21 bits per heavy atom. The lowest BCUT2D eigenvalue weighted by Crippen LogP contribution is -2.35. The summed E-state index contributed by atoms with van der Waals surface area (Å²) in [6.45, 7) is 4.17. The van der Waals surface area contributed by atoms with Crippen molar-refractivity contribution in [1.29, 1.82) is 0 Å². The molecule has 0 spiro atoms. The number of rotatable bonds is 6. The summed E-state index contributed by atoms with van der Waals surface area (Å²) < 4.78 is 0. The molecule has 0 unspecified atom stereocenters. The summed E-state index contributed by atoms with van der Waals surface area (Å²) in [5, 5.41) is 18.4. The molecule has 1 saturated heterocycles. The molecule has 1 fully saturated rings. The average molecular weight is 401 g/mol. The molecule has 4 heterocycles. The molecule has 0 amide bonds. The van der Waals surface area contributed by atoms with Crippen molar-refractivity contribution in [2.45, 2.75) is 32.1 Å². The maximum Gasteiger partial charge on any atom is 0.197 e. The number of aliphatic hydroxyl groups is 1. The Morgan fingerprint density at radius 2 is 2.11 bits per heavy atom. The quantitative estimate of drug-likeness (QED) is 0.691. The monoisotopic (exact) mass is 400 g/mol. The number of hydrogen-bond acceptors (Lipinski definition) is 8. The summed E-state index contributed by atoms with van der Waals surface area (Å²) in [5.41, 5.74) is 1.80. The zero-order chi connectivity index (χ0) is 19.2. The van der Waals surface area contributed by atoms with Gasteiger partial charge in [-0.05, 0) is 50.2 Å². The molecule has 3 N–H and O–H groups in total. The average Bonchev–Trinajstić information content (AvgIpc) is 3.22. The molecule has 2 aromatic heterocycles. The third-order valence-electron chi connectivity index (χ3n) is 5.33. The van der Waals surface area contributed by atoms with Gasteiger partial charge in [-0.3, -0.25) is 4.99 Å². The normalized spacial score (nSPS) is 17.9. The molecule has 0 bridgehead atoms. The van der Waals surface area contributed by atoms with Gasteiger partial charge in [0.1, 0.15) is 11.5 Å². The van der Waals surface area contributed by atoms with Crippen molar-refractivity contribution in [3.8, 4) is 11.4 Å². The van der Waals surface area contributed by atoms with Gasteiger partial charge in [-0.15, -0.1) is 11.3 Å². The standard InChI is InChI=1S/C20H28N6OS/c27-13-2-4-15-7-11-26(12-8-15)18-6-1-5-16(23-18)17-14-28-20(24-17)25-19-21-9-3-10-22-19/h1,5-6,14-15,27H,2-4,7-13H2,(H2,21,22,24,25). The molecule has 28 heavy (non-hydrogen) atoms. The number of hydrogen-bond donors (Lipinski definition) is 3. The van der Waals surface area contributed by atoms with Crippen molar-refractivity contribution >= 4 is 28.2 Å². The van der Waals surface area contributed by atoms with Gasteiger partial charge in [0.05, 0.1) is 5.69 Å². The number of pyridine rings is 1. The number of thiazole rings is 1. The topological polar surface area (TPSA) is 85.7 Å². The first-order valence-corrected chi connectivity index (χ1v) is 11.0. The second kappa shape index (κ2) is 9.34. The Bertz CT molecular complexity index is 799. The van der Waals surface area contributed by atoms with Gasteiger partial charge in [-0.1, -0.05) is 6.07 Å². The van der Waals surface area contributed by atoms with Crippen LogP contribution in [-0.2, 0) is 0 Å². The van der Waals surface area contributed by atoms with Crippen LogP contribution in [0, 0.1) is 5.92 Å². The summed E-state index contributed by atoms with van der Waals surface area (Å²) in [5.74, 6) is 2.56. The number of guanidine groups is 1. The Kier molecular flexibility index (Phi) is 6.38. The predicted molar refractivity (Wildman–Crippen MR) is 115 cm³/mol. The van der Waals surface area contributed by atoms with Crippen LogP contribution in [0.15, 0.2) is 28.6 Å². The molecule has 4 rings (SSSR count). The highest BCUT2D eigenvalue weighted by atomic mass is 32.1. The van der Waals surface area contributed by atoms with Gasteiger partial charge < -0.3 is 20.6 Å². The van der Waals surface area contributed by atoms with Gasteiger partial charge in [-0.2, -0.15) is 0 Å². The van der Waals surface area contributed by atoms with Crippen LogP contribution >= 0.6 is 11.3 Å². The van der Waals surface area contributed by atoms with E-state index in [0.717, 1.165) is 79.7 Å². The Hall–Kier alpha value is -2.19. The fourth-order valence-corrected chi connectivity index (χ4v) is 4.44. The smallest absolute Gasteiger partial charge is 0.197 e. The van der Waals surface area contributed by atoms with E-state index in [-0.39, 0.29) is 0 Å². The first-order valence-electron chi connectivity index (χ1n) is 10.2. The van der Waals surface area contributed by atoms with E-state index in [2.05, 4.69) is 37.6 Å². The second-order valence-corrected chi connectivity index (χ2v) is 8.21. The summed E-state index contributed by atoms with van der Waals surface area (Å²) >= 11 is 1.57. The number of piperidine rings is 1. The molecule has 2 aliphatic rings. The highest BCUT2D eigenvalue weighted by molar-refractivity contribution is 7.14. The number of nitrogens with one attached hydrogen (secondary N) is 2. The number of nitrogens with zero attached hydrogens (tertiary/aromatic N) is 4. The highest BCUT2D eigenvalue weighted by Crippen LogP contribution is 2.28. The van der Waals surface area contributed by atoms with Gasteiger partial charge >= 0.3 is 0 Å². The first-order chi connectivity index (χ1) is 13.8. The van der Waals surface area contributed by atoms with Gasteiger partial charge in [-0.25, -0.2) is 9.97 Å². The van der Waals surface area contributed by atoms with Crippen LogP contribution in [0.5, 0.6) is 0 Å². The van der Waals surface area contributed by atoms with E-state index in [1.807, 2.05) is 11.4 Å². The number of aliphatic hydroxyl groups excluding tert-OH is 1. The van der Waals surface area contributed by atoms with E-state index in [4.69, 9.17) is 10.1 Å². The minimum Gasteiger partial charge on any atom is -0.396 e. The van der Waals surface area contributed by atoms with Crippen LogP contribution in [0.2, 0.25) is 0 Å². The molecule has 8 heteroatoms. The molecule has 0 radical (unpaired) electrons. The molecule has 0 atom stereocenters. The minimum atomic E-state index is 0.303. The molecule has 7 nitrogen and oxygen atoms in total. The van der Waals surface area contributed by atoms with E-state index in [1.165, 1.54) is 12.8 Å². The SMILES string of the molecule is OCCCC1CCN(c2cccc(-c3csc(NC4=NCCCN4)n3)n2)CC1. The molecule has 0 saturated carbocycles. The number of aliphatic imine (C=N–C) groups is 1. The molecular weight excluding hydrogens is 372 g/mol. The minimum absolute atomic E-state index is 0.303. The van der Waals surface area contributed by atoms with Crippen LogP contribution < -0.4 is 15.5 Å². The summed E-state index contributed by atoms with van der Waals surface area (Å²) in [4.78, 5) is 16.4. The van der Waals surface area contributed by atoms with Crippen molar-refractivity contribution in [3.63, 3.8) is 0 Å². The second-order valence-electron chi connectivity index (χ2n) is 7.35. The molecule has 2 aliphatic heterocycles. The van der Waals surface area contributed by atoms with Crippen LogP contribution in [0.3, 0.4) is 0 Å². The zero-order valence-electron chi connectivity index (χ0n) is 16.1. The Morgan fingerprint density at radius 3 is 2.89 bits per heavy atom. The van der Waals surface area contributed by atoms with Gasteiger partial charge in [0.2, 0.25) is 0 Å². The summed E-state index contributed by atoms with van der Waals surface area (Å²) in [6, 6.07) is 6.17. The van der Waals surface area contributed by atoms with Gasteiger partial charge in [0, 0.05) is 38.2 Å². The molecular formula is C20H28N6OS. The lowest BCUT2D eigenvalue weighted by molar-refractivity contribution is 0.261. The Labute approximate surface area is 169 Å². The largest absolute Gasteiger partial charge is 0.396 e.